The first-order valence-corrected chi connectivity index (χ1v) is 18.8. The van der Waals surface area contributed by atoms with Crippen LogP contribution in [0.25, 0.3) is 105 Å². The molecule has 0 N–H and O–H groups in total. The molecule has 0 saturated heterocycles. The van der Waals surface area contributed by atoms with E-state index >= 15 is 0 Å². The van der Waals surface area contributed by atoms with Gasteiger partial charge in [0.2, 0.25) is 0 Å². The van der Waals surface area contributed by atoms with E-state index in [0.29, 0.717) is 5.82 Å². The van der Waals surface area contributed by atoms with Crippen LogP contribution in [0.3, 0.4) is 0 Å². The van der Waals surface area contributed by atoms with Crippen LogP contribution in [0.1, 0.15) is 0 Å². The molecule has 4 heterocycles. The highest BCUT2D eigenvalue weighted by Gasteiger charge is 2.23. The zero-order valence-corrected chi connectivity index (χ0v) is 30.0. The number of nitrogens with zero attached hydrogens (tertiary/aromatic N) is 5. The van der Waals surface area contributed by atoms with E-state index in [1.165, 1.54) is 5.39 Å². The topological polar surface area (TPSA) is 53.7 Å². The largest absolute Gasteiger partial charge is 0.454 e. The lowest BCUT2D eigenvalue weighted by atomic mass is 10.1. The SMILES string of the molecule is c1ccc(-c2nc(-c3ccc4c(c3)c3ccccc3n4-c3ccccc3-n3c4ccccc4c4ccc5c6ccccc6oc5c43)n(-c3ccccc3)n2)cc1. The van der Waals surface area contributed by atoms with Crippen molar-refractivity contribution in [2.45, 2.75) is 0 Å². The average Bonchev–Trinajstić information content (AvgIpc) is 4.04. The molecule has 0 aliphatic rings. The van der Waals surface area contributed by atoms with E-state index in [4.69, 9.17) is 14.5 Å². The highest BCUT2D eigenvalue weighted by molar-refractivity contribution is 6.21. The molecule has 12 aromatic rings. The van der Waals surface area contributed by atoms with Gasteiger partial charge in [-0.25, -0.2) is 9.67 Å². The molecule has 0 radical (unpaired) electrons. The second-order valence-electron chi connectivity index (χ2n) is 14.2. The molecule has 0 unspecified atom stereocenters. The maximum absolute atomic E-state index is 6.71. The van der Waals surface area contributed by atoms with E-state index in [2.05, 4.69) is 155 Å². The summed E-state index contributed by atoms with van der Waals surface area (Å²) < 4.78 is 13.5. The van der Waals surface area contributed by atoms with E-state index in [9.17, 15) is 0 Å². The number of rotatable bonds is 5. The first kappa shape index (κ1) is 30.7. The molecule has 6 nitrogen and oxygen atoms in total. The van der Waals surface area contributed by atoms with E-state index in [-0.39, 0.29) is 0 Å². The summed E-state index contributed by atoms with van der Waals surface area (Å²) in [5, 5.41) is 11.9. The quantitative estimate of drug-likeness (QED) is 0.178. The first-order chi connectivity index (χ1) is 27.8. The Morgan fingerprint density at radius 1 is 0.411 bits per heavy atom. The van der Waals surface area contributed by atoms with Gasteiger partial charge in [0, 0.05) is 43.4 Å². The molecule has 0 spiro atoms. The molecule has 0 atom stereocenters. The highest BCUT2D eigenvalue weighted by atomic mass is 16.3. The van der Waals surface area contributed by atoms with Crippen LogP contribution in [0.15, 0.2) is 192 Å². The Morgan fingerprint density at radius 2 is 1.00 bits per heavy atom. The average molecular weight is 718 g/mol. The molecule has 12 rings (SSSR count). The summed E-state index contributed by atoms with van der Waals surface area (Å²) in [4.78, 5) is 5.16. The molecule has 0 aliphatic carbocycles. The summed E-state index contributed by atoms with van der Waals surface area (Å²) in [7, 11) is 0. The van der Waals surface area contributed by atoms with Gasteiger partial charge in [-0.2, -0.15) is 0 Å². The summed E-state index contributed by atoms with van der Waals surface area (Å²) in [5.74, 6) is 1.47. The van der Waals surface area contributed by atoms with Gasteiger partial charge >= 0.3 is 0 Å². The Labute approximate surface area is 320 Å². The molecule has 4 aromatic heterocycles. The fourth-order valence-electron chi connectivity index (χ4n) is 8.65. The van der Waals surface area contributed by atoms with Crippen molar-refractivity contribution in [3.63, 3.8) is 0 Å². The fourth-order valence-corrected chi connectivity index (χ4v) is 8.65. The Kier molecular flexibility index (Phi) is 6.53. The van der Waals surface area contributed by atoms with Crippen LogP contribution in [-0.2, 0) is 0 Å². The minimum Gasteiger partial charge on any atom is -0.454 e. The lowest BCUT2D eigenvalue weighted by molar-refractivity contribution is 0.671. The number of fused-ring (bicyclic) bond motifs is 10. The second-order valence-corrected chi connectivity index (χ2v) is 14.2. The van der Waals surface area contributed by atoms with E-state index < -0.39 is 0 Å². The standard InChI is InChI=1S/C50H31N5O/c1-3-15-32(16-4-1)49-51-50(55(52-49)34-17-5-2-6-18-34)33-27-30-43-40(31-33)36-20-8-10-22-41(36)53(43)44-24-12-13-25-45(44)54-42-23-11-7-19-35(42)38-28-29-39-37-21-9-14-26-46(37)56-48(39)47(38)54/h1-31H. The minimum atomic E-state index is 0.686. The van der Waals surface area contributed by atoms with Crippen molar-refractivity contribution in [1.29, 1.82) is 0 Å². The maximum atomic E-state index is 6.71. The number of benzene rings is 8. The molecule has 8 aromatic carbocycles. The van der Waals surface area contributed by atoms with Crippen molar-refractivity contribution in [2.24, 2.45) is 0 Å². The zero-order chi connectivity index (χ0) is 36.7. The van der Waals surface area contributed by atoms with Crippen molar-refractivity contribution in [3.8, 4) is 39.8 Å². The van der Waals surface area contributed by atoms with Crippen molar-refractivity contribution in [3.05, 3.63) is 188 Å². The van der Waals surface area contributed by atoms with Crippen LogP contribution in [-0.4, -0.2) is 23.9 Å². The molecular formula is C50H31N5O. The third-order valence-electron chi connectivity index (χ3n) is 11.1. The van der Waals surface area contributed by atoms with Crippen LogP contribution in [0.5, 0.6) is 0 Å². The van der Waals surface area contributed by atoms with Gasteiger partial charge in [-0.05, 0) is 66.7 Å². The molecule has 0 aliphatic heterocycles. The monoisotopic (exact) mass is 717 g/mol. The first-order valence-electron chi connectivity index (χ1n) is 18.8. The lowest BCUT2D eigenvalue weighted by Gasteiger charge is -2.16. The summed E-state index contributed by atoms with van der Waals surface area (Å²) in [6, 6.07) is 65.9. The molecule has 0 fully saturated rings. The smallest absolute Gasteiger partial charge is 0.182 e. The third kappa shape index (κ3) is 4.44. The molecule has 0 bridgehead atoms. The van der Waals surface area contributed by atoms with Gasteiger partial charge in [0.25, 0.3) is 0 Å². The molecule has 6 heteroatoms. The predicted octanol–water partition coefficient (Wildman–Crippen LogP) is 12.7. The summed E-state index contributed by atoms with van der Waals surface area (Å²) in [6.07, 6.45) is 0. The van der Waals surface area contributed by atoms with Crippen molar-refractivity contribution >= 4 is 65.6 Å². The molecule has 262 valence electrons. The van der Waals surface area contributed by atoms with Gasteiger partial charge in [-0.1, -0.05) is 121 Å². The third-order valence-corrected chi connectivity index (χ3v) is 11.1. The molecular weight excluding hydrogens is 687 g/mol. The maximum Gasteiger partial charge on any atom is 0.182 e. The predicted molar refractivity (Wildman–Crippen MR) is 228 cm³/mol. The number of hydrogen-bond acceptors (Lipinski definition) is 3. The van der Waals surface area contributed by atoms with Crippen LogP contribution in [0.2, 0.25) is 0 Å². The van der Waals surface area contributed by atoms with E-state index in [1.807, 2.05) is 47.1 Å². The molecule has 0 amide bonds. The van der Waals surface area contributed by atoms with E-state index in [1.54, 1.807) is 0 Å². The highest BCUT2D eigenvalue weighted by Crippen LogP contribution is 2.43. The Bertz CT molecular complexity index is 3480. The Balaban J connectivity index is 1.12. The number of hydrogen-bond donors (Lipinski definition) is 0. The zero-order valence-electron chi connectivity index (χ0n) is 30.0. The summed E-state index contributed by atoms with van der Waals surface area (Å²) >= 11 is 0. The van der Waals surface area contributed by atoms with Gasteiger partial charge in [0.1, 0.15) is 5.58 Å². The van der Waals surface area contributed by atoms with E-state index in [0.717, 1.165) is 94.2 Å². The Hall–Kier alpha value is -7.70. The summed E-state index contributed by atoms with van der Waals surface area (Å²) in [5.41, 5.74) is 11.2. The van der Waals surface area contributed by atoms with Crippen molar-refractivity contribution < 1.29 is 4.42 Å². The van der Waals surface area contributed by atoms with Gasteiger partial charge in [0.05, 0.1) is 39.1 Å². The van der Waals surface area contributed by atoms with Crippen LogP contribution < -0.4 is 0 Å². The minimum absolute atomic E-state index is 0.686. The number of para-hydroxylation sites is 6. The molecule has 56 heavy (non-hydrogen) atoms. The van der Waals surface area contributed by atoms with Crippen molar-refractivity contribution in [2.75, 3.05) is 0 Å². The second kappa shape index (κ2) is 11.9. The normalized spacial score (nSPS) is 11.9. The Morgan fingerprint density at radius 3 is 1.79 bits per heavy atom. The number of furan rings is 1. The van der Waals surface area contributed by atoms with Gasteiger partial charge in [-0.15, -0.1) is 5.10 Å². The molecule has 0 saturated carbocycles. The van der Waals surface area contributed by atoms with Gasteiger partial charge < -0.3 is 13.6 Å². The van der Waals surface area contributed by atoms with Crippen LogP contribution in [0, 0.1) is 0 Å². The summed E-state index contributed by atoms with van der Waals surface area (Å²) in [6.45, 7) is 0. The van der Waals surface area contributed by atoms with Gasteiger partial charge in [-0.3, -0.25) is 0 Å². The van der Waals surface area contributed by atoms with Gasteiger partial charge in [0.15, 0.2) is 17.2 Å². The lowest BCUT2D eigenvalue weighted by Crippen LogP contribution is -2.03. The number of aromatic nitrogens is 5. The van der Waals surface area contributed by atoms with Crippen LogP contribution >= 0.6 is 0 Å². The van der Waals surface area contributed by atoms with Crippen molar-refractivity contribution in [1.82, 2.24) is 23.9 Å². The van der Waals surface area contributed by atoms with Crippen LogP contribution in [0.4, 0.5) is 0 Å². The fraction of sp³-hybridized carbons (Fsp3) is 0.